The number of carbonyl (C=O) groups excluding carboxylic acids is 1. The van der Waals surface area contributed by atoms with Crippen molar-refractivity contribution >= 4 is 5.91 Å². The zero-order valence-corrected chi connectivity index (χ0v) is 10.4. The molecule has 0 radical (unpaired) electrons. The summed E-state index contributed by atoms with van der Waals surface area (Å²) in [7, 11) is 0. The zero-order chi connectivity index (χ0) is 12.4. The van der Waals surface area contributed by atoms with E-state index in [1.807, 2.05) is 12.1 Å². The molecule has 1 aliphatic heterocycles. The Morgan fingerprint density at radius 3 is 2.71 bits per heavy atom. The quantitative estimate of drug-likeness (QED) is 0.863. The van der Waals surface area contributed by atoms with Gasteiger partial charge in [-0.2, -0.15) is 0 Å². The molecule has 1 amide bonds. The highest BCUT2D eigenvalue weighted by molar-refractivity contribution is 5.78. The summed E-state index contributed by atoms with van der Waals surface area (Å²) in [4.78, 5) is 13.6. The molecule has 1 atom stereocenters. The van der Waals surface area contributed by atoms with Gasteiger partial charge in [-0.05, 0) is 24.0 Å². The number of aliphatic hydroxyl groups is 1. The minimum atomic E-state index is -0.312. The van der Waals surface area contributed by atoms with E-state index in [4.69, 9.17) is 5.11 Å². The number of β-amino-alcohol motifs (C(OH)–C–C–N with tert-alkyl or cyclic N) is 1. The van der Waals surface area contributed by atoms with Gasteiger partial charge in [0, 0.05) is 19.5 Å². The fourth-order valence-electron chi connectivity index (χ4n) is 2.30. The van der Waals surface area contributed by atoms with Crippen molar-refractivity contribution in [2.75, 3.05) is 13.1 Å². The summed E-state index contributed by atoms with van der Waals surface area (Å²) in [6.07, 6.45) is 0.213. The van der Waals surface area contributed by atoms with Gasteiger partial charge in [0.2, 0.25) is 5.91 Å². The lowest BCUT2D eigenvalue weighted by molar-refractivity contribution is -0.141. The lowest BCUT2D eigenvalue weighted by atomic mass is 9.93. The first-order chi connectivity index (χ1) is 8.08. The van der Waals surface area contributed by atoms with E-state index >= 15 is 0 Å². The van der Waals surface area contributed by atoms with Gasteiger partial charge in [-0.3, -0.25) is 4.79 Å². The summed E-state index contributed by atoms with van der Waals surface area (Å²) in [5, 5.41) is 9.17. The summed E-state index contributed by atoms with van der Waals surface area (Å²) in [6, 6.07) is 8.18. The van der Waals surface area contributed by atoms with Crippen molar-refractivity contribution in [1.82, 2.24) is 4.90 Å². The fraction of sp³-hybridized carbons (Fsp3) is 0.500. The van der Waals surface area contributed by atoms with Crippen LogP contribution in [0.1, 0.15) is 30.4 Å². The fourth-order valence-corrected chi connectivity index (χ4v) is 2.30. The SMILES string of the molecule is Cc1ccccc1C(C)CC(=O)N1CC(O)C1. The number of likely N-dealkylation sites (tertiary alicyclic amines) is 1. The molecule has 1 aliphatic rings. The predicted octanol–water partition coefficient (Wildman–Crippen LogP) is 1.69. The number of nitrogens with zero attached hydrogens (tertiary/aromatic N) is 1. The average Bonchev–Trinajstić information content (AvgIpc) is 2.25. The van der Waals surface area contributed by atoms with E-state index < -0.39 is 0 Å². The molecule has 92 valence electrons. The highest BCUT2D eigenvalue weighted by Gasteiger charge is 2.29. The van der Waals surface area contributed by atoms with Crippen molar-refractivity contribution in [3.05, 3.63) is 35.4 Å². The summed E-state index contributed by atoms with van der Waals surface area (Å²) >= 11 is 0. The summed E-state index contributed by atoms with van der Waals surface area (Å²) in [5.74, 6) is 0.382. The third-order valence-electron chi connectivity index (χ3n) is 3.42. The largest absolute Gasteiger partial charge is 0.389 e. The Morgan fingerprint density at radius 2 is 2.12 bits per heavy atom. The molecule has 1 heterocycles. The molecule has 1 N–H and O–H groups in total. The minimum absolute atomic E-state index is 0.144. The zero-order valence-electron chi connectivity index (χ0n) is 10.4. The van der Waals surface area contributed by atoms with Crippen molar-refractivity contribution in [2.24, 2.45) is 0 Å². The number of rotatable bonds is 3. The molecule has 0 spiro atoms. The highest BCUT2D eigenvalue weighted by Crippen LogP contribution is 2.24. The van der Waals surface area contributed by atoms with Crippen molar-refractivity contribution in [1.29, 1.82) is 0 Å². The first kappa shape index (κ1) is 12.1. The predicted molar refractivity (Wildman–Crippen MR) is 66.8 cm³/mol. The van der Waals surface area contributed by atoms with Crippen LogP contribution in [-0.4, -0.2) is 35.1 Å². The van der Waals surface area contributed by atoms with E-state index in [0.717, 1.165) is 0 Å². The smallest absolute Gasteiger partial charge is 0.223 e. The van der Waals surface area contributed by atoms with Crippen LogP contribution in [0, 0.1) is 6.92 Å². The Bertz CT molecular complexity index is 410. The van der Waals surface area contributed by atoms with Crippen LogP contribution in [0.2, 0.25) is 0 Å². The molecule has 1 fully saturated rings. The van der Waals surface area contributed by atoms with Gasteiger partial charge in [0.1, 0.15) is 0 Å². The van der Waals surface area contributed by atoms with E-state index in [1.54, 1.807) is 4.90 Å². The van der Waals surface area contributed by atoms with Crippen molar-refractivity contribution in [2.45, 2.75) is 32.3 Å². The van der Waals surface area contributed by atoms with Crippen LogP contribution in [0.4, 0.5) is 0 Å². The molecule has 0 saturated carbocycles. The van der Waals surface area contributed by atoms with Gasteiger partial charge in [0.05, 0.1) is 6.10 Å². The molecule has 17 heavy (non-hydrogen) atoms. The first-order valence-corrected chi connectivity index (χ1v) is 6.09. The van der Waals surface area contributed by atoms with Crippen LogP contribution in [-0.2, 0) is 4.79 Å². The van der Waals surface area contributed by atoms with E-state index in [9.17, 15) is 4.79 Å². The molecule has 0 aromatic heterocycles. The molecule has 1 unspecified atom stereocenters. The average molecular weight is 233 g/mol. The van der Waals surface area contributed by atoms with Crippen LogP contribution in [0.15, 0.2) is 24.3 Å². The second kappa shape index (κ2) is 4.88. The second-order valence-corrected chi connectivity index (χ2v) is 4.91. The number of hydrogen-bond acceptors (Lipinski definition) is 2. The summed E-state index contributed by atoms with van der Waals surface area (Å²) < 4.78 is 0. The molecular weight excluding hydrogens is 214 g/mol. The molecular formula is C14H19NO2. The molecule has 0 aliphatic carbocycles. The maximum absolute atomic E-state index is 11.9. The molecule has 2 rings (SSSR count). The Kier molecular flexibility index (Phi) is 3.48. The van der Waals surface area contributed by atoms with Crippen LogP contribution >= 0.6 is 0 Å². The highest BCUT2D eigenvalue weighted by atomic mass is 16.3. The van der Waals surface area contributed by atoms with Crippen LogP contribution in [0.3, 0.4) is 0 Å². The van der Waals surface area contributed by atoms with E-state index in [1.165, 1.54) is 11.1 Å². The van der Waals surface area contributed by atoms with Gasteiger partial charge in [0.25, 0.3) is 0 Å². The molecule has 1 saturated heterocycles. The molecule has 0 bridgehead atoms. The maximum Gasteiger partial charge on any atom is 0.223 e. The Morgan fingerprint density at radius 1 is 1.47 bits per heavy atom. The standard InChI is InChI=1S/C14H19NO2/c1-10-5-3-4-6-13(10)11(2)7-14(17)15-8-12(16)9-15/h3-6,11-12,16H,7-9H2,1-2H3. The lowest BCUT2D eigenvalue weighted by Crippen LogP contribution is -2.53. The Hall–Kier alpha value is -1.35. The van der Waals surface area contributed by atoms with Crippen molar-refractivity contribution in [3.8, 4) is 0 Å². The monoisotopic (exact) mass is 233 g/mol. The van der Waals surface area contributed by atoms with E-state index in [0.29, 0.717) is 19.5 Å². The second-order valence-electron chi connectivity index (χ2n) is 4.91. The number of amides is 1. The number of aliphatic hydroxyl groups excluding tert-OH is 1. The number of aryl methyl sites for hydroxylation is 1. The van der Waals surface area contributed by atoms with E-state index in [-0.39, 0.29) is 17.9 Å². The first-order valence-electron chi connectivity index (χ1n) is 6.09. The third kappa shape index (κ3) is 2.67. The number of carbonyl (C=O) groups is 1. The number of hydrogen-bond donors (Lipinski definition) is 1. The molecule has 1 aromatic rings. The van der Waals surface area contributed by atoms with Crippen LogP contribution < -0.4 is 0 Å². The molecule has 3 nitrogen and oxygen atoms in total. The molecule has 3 heteroatoms. The van der Waals surface area contributed by atoms with Crippen molar-refractivity contribution in [3.63, 3.8) is 0 Å². The maximum atomic E-state index is 11.9. The van der Waals surface area contributed by atoms with Gasteiger partial charge in [-0.1, -0.05) is 31.2 Å². The Labute approximate surface area is 102 Å². The minimum Gasteiger partial charge on any atom is -0.389 e. The van der Waals surface area contributed by atoms with Crippen LogP contribution in [0.5, 0.6) is 0 Å². The van der Waals surface area contributed by atoms with Gasteiger partial charge in [0.15, 0.2) is 0 Å². The number of benzene rings is 1. The molecule has 1 aromatic carbocycles. The van der Waals surface area contributed by atoms with E-state index in [2.05, 4.69) is 26.0 Å². The van der Waals surface area contributed by atoms with Crippen LogP contribution in [0.25, 0.3) is 0 Å². The van der Waals surface area contributed by atoms with Gasteiger partial charge < -0.3 is 10.0 Å². The van der Waals surface area contributed by atoms with Gasteiger partial charge in [-0.25, -0.2) is 0 Å². The van der Waals surface area contributed by atoms with Crippen molar-refractivity contribution < 1.29 is 9.90 Å². The topological polar surface area (TPSA) is 40.5 Å². The van der Waals surface area contributed by atoms with Gasteiger partial charge in [-0.15, -0.1) is 0 Å². The van der Waals surface area contributed by atoms with Gasteiger partial charge >= 0.3 is 0 Å². The lowest BCUT2D eigenvalue weighted by Gasteiger charge is -2.36. The Balaban J connectivity index is 1.95. The third-order valence-corrected chi connectivity index (χ3v) is 3.42. The summed E-state index contributed by atoms with van der Waals surface area (Å²) in [5.41, 5.74) is 2.47. The normalized spacial score (nSPS) is 17.7. The summed E-state index contributed by atoms with van der Waals surface area (Å²) in [6.45, 7) is 5.15.